The second kappa shape index (κ2) is 6.90. The highest BCUT2D eigenvalue weighted by molar-refractivity contribution is 6.11. The quantitative estimate of drug-likeness (QED) is 0.825. The van der Waals surface area contributed by atoms with Gasteiger partial charge in [-0.05, 0) is 36.8 Å². The van der Waals surface area contributed by atoms with Crippen LogP contribution in [0.2, 0.25) is 0 Å². The molecule has 0 bridgehead atoms. The van der Waals surface area contributed by atoms with Crippen molar-refractivity contribution in [1.82, 2.24) is 4.90 Å². The fraction of sp³-hybridized carbons (Fsp3) is 0.300. The van der Waals surface area contributed by atoms with E-state index in [1.165, 1.54) is 6.07 Å². The third-order valence-corrected chi connectivity index (χ3v) is 4.88. The molecular formula is C20H20FN3O3. The van der Waals surface area contributed by atoms with Crippen LogP contribution in [0.4, 0.5) is 15.8 Å². The third kappa shape index (κ3) is 3.32. The van der Waals surface area contributed by atoms with Crippen molar-refractivity contribution in [3.05, 3.63) is 53.8 Å². The molecular weight excluding hydrogens is 349 g/mol. The Hall–Kier alpha value is -3.09. The van der Waals surface area contributed by atoms with E-state index in [0.29, 0.717) is 43.3 Å². The van der Waals surface area contributed by atoms with Crippen LogP contribution in [0, 0.1) is 12.7 Å². The number of rotatable bonds is 2. The van der Waals surface area contributed by atoms with Crippen LogP contribution in [-0.2, 0) is 9.59 Å². The summed E-state index contributed by atoms with van der Waals surface area (Å²) in [4.78, 5) is 28.6. The Bertz CT molecular complexity index is 894. The molecule has 2 aromatic rings. The Morgan fingerprint density at radius 1 is 1.15 bits per heavy atom. The van der Waals surface area contributed by atoms with Gasteiger partial charge in [-0.25, -0.2) is 4.39 Å². The number of amides is 2. The third-order valence-electron chi connectivity index (χ3n) is 4.88. The van der Waals surface area contributed by atoms with E-state index in [4.69, 9.17) is 4.74 Å². The monoisotopic (exact) mass is 369 g/mol. The number of hydrogen-bond acceptors (Lipinski definition) is 4. The maximum Gasteiger partial charge on any atom is 0.275 e. The summed E-state index contributed by atoms with van der Waals surface area (Å²) in [6.45, 7) is 3.72. The zero-order valence-electron chi connectivity index (χ0n) is 14.9. The predicted octanol–water partition coefficient (Wildman–Crippen LogP) is 2.18. The summed E-state index contributed by atoms with van der Waals surface area (Å²) in [7, 11) is 0. The number of nitrogens with one attached hydrogen (secondary N) is 1. The highest BCUT2D eigenvalue weighted by atomic mass is 19.1. The molecule has 4 rings (SSSR count). The summed E-state index contributed by atoms with van der Waals surface area (Å²) in [5.74, 6) is -0.621. The number of carbonyl (C=O) groups is 2. The van der Waals surface area contributed by atoms with Crippen LogP contribution in [0.5, 0.6) is 5.75 Å². The van der Waals surface area contributed by atoms with Gasteiger partial charge in [0, 0.05) is 26.2 Å². The molecule has 2 amide bonds. The highest BCUT2D eigenvalue weighted by Crippen LogP contribution is 2.31. The van der Waals surface area contributed by atoms with Gasteiger partial charge in [0.2, 0.25) is 0 Å². The predicted molar refractivity (Wildman–Crippen MR) is 99.4 cm³/mol. The number of nitrogens with zero attached hydrogens (tertiary/aromatic N) is 2. The molecule has 0 radical (unpaired) electrons. The van der Waals surface area contributed by atoms with Gasteiger partial charge in [-0.2, -0.15) is 0 Å². The van der Waals surface area contributed by atoms with Crippen molar-refractivity contribution in [3.8, 4) is 5.75 Å². The van der Waals surface area contributed by atoms with Crippen LogP contribution in [0.15, 0.2) is 42.5 Å². The molecule has 1 fully saturated rings. The lowest BCUT2D eigenvalue weighted by atomic mass is 10.1. The normalized spacial score (nSPS) is 19.2. The minimum Gasteiger partial charge on any atom is -0.468 e. The summed E-state index contributed by atoms with van der Waals surface area (Å²) in [5, 5.41) is 2.74. The number of carbonyl (C=O) groups excluding carboxylic acids is 2. The number of piperazine rings is 1. The fourth-order valence-corrected chi connectivity index (χ4v) is 3.43. The van der Waals surface area contributed by atoms with E-state index in [2.05, 4.69) is 5.32 Å². The first-order chi connectivity index (χ1) is 13.0. The van der Waals surface area contributed by atoms with Crippen molar-refractivity contribution in [3.63, 3.8) is 0 Å². The Kier molecular flexibility index (Phi) is 4.43. The standard InChI is InChI=1S/C20H20FN3O3/c1-13-6-7-17-15(12-13)22-19(25)18(27-17)20(26)24-10-8-23(9-11-24)16-5-3-2-4-14(16)21/h2-7,12,18H,8-11H2,1H3,(H,22,25)/t18-/m1/s1. The zero-order chi connectivity index (χ0) is 19.0. The highest BCUT2D eigenvalue weighted by Gasteiger charge is 2.37. The molecule has 0 spiro atoms. The topological polar surface area (TPSA) is 61.9 Å². The number of fused-ring (bicyclic) bond motifs is 1. The van der Waals surface area contributed by atoms with Gasteiger partial charge < -0.3 is 19.9 Å². The molecule has 27 heavy (non-hydrogen) atoms. The summed E-state index contributed by atoms with van der Waals surface area (Å²) in [5.41, 5.74) is 2.10. The van der Waals surface area contributed by atoms with E-state index in [-0.39, 0.29) is 11.7 Å². The van der Waals surface area contributed by atoms with Crippen LogP contribution < -0.4 is 15.0 Å². The van der Waals surface area contributed by atoms with Crippen molar-refractivity contribution in [2.24, 2.45) is 0 Å². The maximum absolute atomic E-state index is 13.9. The lowest BCUT2D eigenvalue weighted by Gasteiger charge is -2.38. The van der Waals surface area contributed by atoms with E-state index in [9.17, 15) is 14.0 Å². The smallest absolute Gasteiger partial charge is 0.275 e. The Labute approximate surface area is 156 Å². The summed E-state index contributed by atoms with van der Waals surface area (Å²) in [6, 6.07) is 12.0. The average molecular weight is 369 g/mol. The SMILES string of the molecule is Cc1ccc2c(c1)NC(=O)[C@H](C(=O)N1CCN(c3ccccc3F)CC1)O2. The Morgan fingerprint density at radius 3 is 2.63 bits per heavy atom. The molecule has 0 aliphatic carbocycles. The van der Waals surface area contributed by atoms with Gasteiger partial charge in [-0.1, -0.05) is 18.2 Å². The fourth-order valence-electron chi connectivity index (χ4n) is 3.43. The molecule has 0 unspecified atom stereocenters. The van der Waals surface area contributed by atoms with Crippen molar-refractivity contribution >= 4 is 23.2 Å². The number of benzene rings is 2. The second-order valence-corrected chi connectivity index (χ2v) is 6.75. The van der Waals surface area contributed by atoms with Crippen LogP contribution >= 0.6 is 0 Å². The molecule has 0 aromatic heterocycles. The van der Waals surface area contributed by atoms with Gasteiger partial charge in [0.25, 0.3) is 17.9 Å². The molecule has 2 aliphatic rings. The molecule has 140 valence electrons. The van der Waals surface area contributed by atoms with Crippen molar-refractivity contribution in [2.45, 2.75) is 13.0 Å². The van der Waals surface area contributed by atoms with E-state index in [1.807, 2.05) is 17.9 Å². The number of para-hydroxylation sites is 1. The van der Waals surface area contributed by atoms with Crippen LogP contribution in [0.1, 0.15) is 5.56 Å². The lowest BCUT2D eigenvalue weighted by Crippen LogP contribution is -2.56. The number of anilines is 2. The zero-order valence-corrected chi connectivity index (χ0v) is 14.9. The largest absolute Gasteiger partial charge is 0.468 e. The molecule has 2 heterocycles. The number of halogens is 1. The molecule has 7 heteroatoms. The number of ether oxygens (including phenoxy) is 1. The first-order valence-corrected chi connectivity index (χ1v) is 8.89. The van der Waals surface area contributed by atoms with E-state index >= 15 is 0 Å². The summed E-state index contributed by atoms with van der Waals surface area (Å²) in [6.07, 6.45) is -1.19. The summed E-state index contributed by atoms with van der Waals surface area (Å²) >= 11 is 0. The van der Waals surface area contributed by atoms with Crippen LogP contribution in [0.3, 0.4) is 0 Å². The Morgan fingerprint density at radius 2 is 1.89 bits per heavy atom. The summed E-state index contributed by atoms with van der Waals surface area (Å²) < 4.78 is 19.6. The molecule has 0 saturated carbocycles. The van der Waals surface area contributed by atoms with E-state index in [0.717, 1.165) is 5.56 Å². The Balaban J connectivity index is 1.43. The average Bonchev–Trinajstić information content (AvgIpc) is 2.67. The van der Waals surface area contributed by atoms with Crippen molar-refractivity contribution < 1.29 is 18.7 Å². The molecule has 1 saturated heterocycles. The van der Waals surface area contributed by atoms with Crippen molar-refractivity contribution in [2.75, 3.05) is 36.4 Å². The molecule has 1 N–H and O–H groups in total. The maximum atomic E-state index is 13.9. The number of hydrogen-bond donors (Lipinski definition) is 1. The van der Waals surface area contributed by atoms with E-state index in [1.54, 1.807) is 35.2 Å². The molecule has 2 aromatic carbocycles. The van der Waals surface area contributed by atoms with Gasteiger partial charge in [0.15, 0.2) is 0 Å². The lowest BCUT2D eigenvalue weighted by molar-refractivity contribution is -0.145. The van der Waals surface area contributed by atoms with Crippen molar-refractivity contribution in [1.29, 1.82) is 0 Å². The first kappa shape index (κ1) is 17.3. The molecule has 1 atom stereocenters. The van der Waals surface area contributed by atoms with Crippen LogP contribution in [-0.4, -0.2) is 49.0 Å². The first-order valence-electron chi connectivity index (χ1n) is 8.89. The van der Waals surface area contributed by atoms with Gasteiger partial charge in [0.05, 0.1) is 11.4 Å². The minimum atomic E-state index is -1.19. The molecule has 6 nitrogen and oxygen atoms in total. The van der Waals surface area contributed by atoms with Gasteiger partial charge in [-0.15, -0.1) is 0 Å². The van der Waals surface area contributed by atoms with E-state index < -0.39 is 12.0 Å². The van der Waals surface area contributed by atoms with Crippen LogP contribution in [0.25, 0.3) is 0 Å². The van der Waals surface area contributed by atoms with Gasteiger partial charge in [0.1, 0.15) is 11.6 Å². The minimum absolute atomic E-state index is 0.279. The van der Waals surface area contributed by atoms with Gasteiger partial charge in [-0.3, -0.25) is 9.59 Å². The van der Waals surface area contributed by atoms with Gasteiger partial charge >= 0.3 is 0 Å². The second-order valence-electron chi connectivity index (χ2n) is 6.75. The molecule has 2 aliphatic heterocycles. The number of aryl methyl sites for hydroxylation is 1.